The maximum Gasteiger partial charge on any atom is 0.358 e. The zero-order valence-corrected chi connectivity index (χ0v) is 12.2. The molecule has 0 aliphatic heterocycles. The van der Waals surface area contributed by atoms with Crippen LogP contribution in [0, 0.1) is 10.1 Å². The first kappa shape index (κ1) is 15.2. The van der Waals surface area contributed by atoms with Gasteiger partial charge in [0.2, 0.25) is 11.5 Å². The normalized spacial score (nSPS) is 13.8. The number of nitrogens with zero attached hydrogens (tertiary/aromatic N) is 2. The molecule has 9 heteroatoms. The van der Waals surface area contributed by atoms with E-state index < -0.39 is 28.1 Å². The maximum absolute atomic E-state index is 12.7. The van der Waals surface area contributed by atoms with E-state index in [2.05, 4.69) is 5.16 Å². The highest BCUT2D eigenvalue weighted by Crippen LogP contribution is 2.43. The Morgan fingerprint density at radius 2 is 2.09 bits per heavy atom. The van der Waals surface area contributed by atoms with Gasteiger partial charge in [-0.2, -0.15) is 0 Å². The predicted octanol–water partition coefficient (Wildman–Crippen LogP) is 3.04. The summed E-state index contributed by atoms with van der Waals surface area (Å²) < 4.78 is 5.00. The molecule has 0 spiro atoms. The standard InChI is InChI=1S/C14H9ClN2O6/c15-7-3-4-8(9(5-7)17(21)22)12(18)10-11(14(19)20)16-23-13(10)6-1-2-6/h3-6H,1-2H2,(H,19,20). The molecule has 8 nitrogen and oxygen atoms in total. The first-order chi connectivity index (χ1) is 10.9. The van der Waals surface area contributed by atoms with Crippen LogP contribution in [0.25, 0.3) is 0 Å². The van der Waals surface area contributed by atoms with Gasteiger partial charge < -0.3 is 9.63 Å². The van der Waals surface area contributed by atoms with Crippen molar-refractivity contribution in [3.05, 3.63) is 55.9 Å². The summed E-state index contributed by atoms with van der Waals surface area (Å²) in [6.45, 7) is 0. The fourth-order valence-corrected chi connectivity index (χ4v) is 2.44. The predicted molar refractivity (Wildman–Crippen MR) is 77.0 cm³/mol. The molecule has 1 fully saturated rings. The number of carboxylic acid groups (broad SMARTS) is 1. The number of carboxylic acids is 1. The number of rotatable bonds is 5. The number of benzene rings is 1. The van der Waals surface area contributed by atoms with Crippen molar-refractivity contribution in [2.24, 2.45) is 0 Å². The lowest BCUT2D eigenvalue weighted by atomic mass is 9.98. The summed E-state index contributed by atoms with van der Waals surface area (Å²) in [6, 6.07) is 3.56. The van der Waals surface area contributed by atoms with E-state index in [0.717, 1.165) is 18.9 Å². The van der Waals surface area contributed by atoms with E-state index >= 15 is 0 Å². The van der Waals surface area contributed by atoms with E-state index in [-0.39, 0.29) is 27.8 Å². The lowest BCUT2D eigenvalue weighted by molar-refractivity contribution is -0.385. The van der Waals surface area contributed by atoms with Crippen LogP contribution in [-0.2, 0) is 0 Å². The van der Waals surface area contributed by atoms with Gasteiger partial charge in [0.15, 0.2) is 5.76 Å². The average Bonchev–Trinajstić information content (AvgIpc) is 3.24. The first-order valence-corrected chi connectivity index (χ1v) is 6.99. The minimum absolute atomic E-state index is 0.0825. The Hall–Kier alpha value is -2.74. The highest BCUT2D eigenvalue weighted by atomic mass is 35.5. The van der Waals surface area contributed by atoms with Gasteiger partial charge in [0.1, 0.15) is 11.1 Å². The van der Waals surface area contributed by atoms with Crippen LogP contribution in [0.1, 0.15) is 50.9 Å². The first-order valence-electron chi connectivity index (χ1n) is 6.61. The minimum Gasteiger partial charge on any atom is -0.476 e. The molecule has 1 N–H and O–H groups in total. The number of carbonyl (C=O) groups is 2. The minimum atomic E-state index is -1.43. The number of ketones is 1. The Kier molecular flexibility index (Phi) is 3.61. The van der Waals surface area contributed by atoms with Gasteiger partial charge in [-0.15, -0.1) is 0 Å². The summed E-state index contributed by atoms with van der Waals surface area (Å²) in [6.07, 6.45) is 1.49. The molecule has 0 radical (unpaired) electrons. The van der Waals surface area contributed by atoms with Crippen LogP contribution in [0.3, 0.4) is 0 Å². The molecule has 0 atom stereocenters. The summed E-state index contributed by atoms with van der Waals surface area (Å²) in [5.74, 6) is -2.16. The topological polar surface area (TPSA) is 124 Å². The van der Waals surface area contributed by atoms with Gasteiger partial charge in [0.05, 0.1) is 4.92 Å². The molecule has 0 saturated heterocycles. The quantitative estimate of drug-likeness (QED) is 0.505. The largest absolute Gasteiger partial charge is 0.476 e. The fourth-order valence-electron chi connectivity index (χ4n) is 2.27. The molecule has 1 heterocycles. The molecule has 1 aliphatic rings. The van der Waals surface area contributed by atoms with Gasteiger partial charge in [-0.1, -0.05) is 16.8 Å². The molecule has 0 unspecified atom stereocenters. The van der Waals surface area contributed by atoms with E-state index in [1.165, 1.54) is 12.1 Å². The average molecular weight is 337 g/mol. The number of hydrogen-bond acceptors (Lipinski definition) is 6. The summed E-state index contributed by atoms with van der Waals surface area (Å²) in [5.41, 5.74) is -1.53. The molecule has 1 aromatic carbocycles. The van der Waals surface area contributed by atoms with Crippen LogP contribution in [0.2, 0.25) is 5.02 Å². The molecular weight excluding hydrogens is 328 g/mol. The SMILES string of the molecule is O=C(O)c1noc(C2CC2)c1C(=O)c1ccc(Cl)cc1[N+](=O)[O-]. The zero-order valence-electron chi connectivity index (χ0n) is 11.5. The third-order valence-corrected chi connectivity index (χ3v) is 3.73. The molecule has 1 saturated carbocycles. The molecule has 3 rings (SSSR count). The highest BCUT2D eigenvalue weighted by Gasteiger charge is 2.38. The Labute approximate surface area is 133 Å². The van der Waals surface area contributed by atoms with Crippen LogP contribution in [0.15, 0.2) is 22.7 Å². The van der Waals surface area contributed by atoms with Gasteiger partial charge in [0.25, 0.3) is 5.69 Å². The van der Waals surface area contributed by atoms with Crippen molar-refractivity contribution in [2.75, 3.05) is 0 Å². The van der Waals surface area contributed by atoms with Crippen LogP contribution < -0.4 is 0 Å². The number of nitro groups is 1. The molecule has 0 amide bonds. The molecule has 23 heavy (non-hydrogen) atoms. The smallest absolute Gasteiger partial charge is 0.358 e. The molecular formula is C14H9ClN2O6. The van der Waals surface area contributed by atoms with E-state index in [1.807, 2.05) is 0 Å². The highest BCUT2D eigenvalue weighted by molar-refractivity contribution is 6.31. The van der Waals surface area contributed by atoms with E-state index in [1.54, 1.807) is 0 Å². The molecule has 1 aliphatic carbocycles. The summed E-state index contributed by atoms with van der Waals surface area (Å²) >= 11 is 5.72. The zero-order chi connectivity index (χ0) is 16.7. The number of aromatic nitrogens is 1. The van der Waals surface area contributed by atoms with E-state index in [0.29, 0.717) is 0 Å². The van der Waals surface area contributed by atoms with Crippen molar-refractivity contribution in [1.82, 2.24) is 5.16 Å². The molecule has 118 valence electrons. The van der Waals surface area contributed by atoms with Crippen LogP contribution in [0.4, 0.5) is 5.69 Å². The number of halogens is 1. The molecule has 1 aromatic heterocycles. The number of hydrogen-bond donors (Lipinski definition) is 1. The van der Waals surface area contributed by atoms with E-state index in [9.17, 15) is 19.7 Å². The van der Waals surface area contributed by atoms with Crippen LogP contribution in [-0.4, -0.2) is 26.9 Å². The van der Waals surface area contributed by atoms with Gasteiger partial charge in [-0.05, 0) is 25.0 Å². The van der Waals surface area contributed by atoms with Crippen LogP contribution in [0.5, 0.6) is 0 Å². The second kappa shape index (κ2) is 5.47. The fraction of sp³-hybridized carbons (Fsp3) is 0.214. The third kappa shape index (κ3) is 2.68. The van der Waals surface area contributed by atoms with Crippen molar-refractivity contribution in [3.63, 3.8) is 0 Å². The number of aromatic carboxylic acids is 1. The van der Waals surface area contributed by atoms with Gasteiger partial charge in [0, 0.05) is 17.0 Å². The second-order valence-corrected chi connectivity index (χ2v) is 5.53. The Bertz CT molecular complexity index is 840. The van der Waals surface area contributed by atoms with Gasteiger partial charge in [-0.3, -0.25) is 14.9 Å². The van der Waals surface area contributed by atoms with Crippen LogP contribution >= 0.6 is 11.6 Å². The maximum atomic E-state index is 12.7. The lowest BCUT2D eigenvalue weighted by Gasteiger charge is -2.03. The van der Waals surface area contributed by atoms with Gasteiger partial charge in [-0.25, -0.2) is 4.79 Å². The summed E-state index contributed by atoms with van der Waals surface area (Å²) in [7, 11) is 0. The second-order valence-electron chi connectivity index (χ2n) is 5.10. The monoisotopic (exact) mass is 336 g/mol. The Morgan fingerprint density at radius 3 is 2.65 bits per heavy atom. The van der Waals surface area contributed by atoms with Crippen molar-refractivity contribution in [2.45, 2.75) is 18.8 Å². The van der Waals surface area contributed by atoms with Crippen molar-refractivity contribution in [3.8, 4) is 0 Å². The van der Waals surface area contributed by atoms with Crippen molar-refractivity contribution in [1.29, 1.82) is 0 Å². The Balaban J connectivity index is 2.16. The number of carbonyl (C=O) groups excluding carboxylic acids is 1. The van der Waals surface area contributed by atoms with Crippen molar-refractivity contribution >= 4 is 29.0 Å². The number of nitro benzene ring substituents is 1. The Morgan fingerprint density at radius 1 is 1.39 bits per heavy atom. The third-order valence-electron chi connectivity index (χ3n) is 3.50. The lowest BCUT2D eigenvalue weighted by Crippen LogP contribution is -2.12. The van der Waals surface area contributed by atoms with Crippen molar-refractivity contribution < 1.29 is 24.1 Å². The van der Waals surface area contributed by atoms with Gasteiger partial charge >= 0.3 is 5.97 Å². The van der Waals surface area contributed by atoms with E-state index in [4.69, 9.17) is 21.2 Å². The summed E-state index contributed by atoms with van der Waals surface area (Å²) in [5, 5.41) is 23.8. The molecule has 2 aromatic rings. The summed E-state index contributed by atoms with van der Waals surface area (Å²) in [4.78, 5) is 34.4. The molecule has 0 bridgehead atoms.